The molecule has 5 rings (SSSR count). The van der Waals surface area contributed by atoms with Gasteiger partial charge in [0.05, 0.1) is 30.1 Å². The first-order chi connectivity index (χ1) is 18.4. The van der Waals surface area contributed by atoms with Crippen molar-refractivity contribution in [2.75, 3.05) is 7.11 Å². The fourth-order valence-corrected chi connectivity index (χ4v) is 4.50. The highest BCUT2D eigenvalue weighted by Crippen LogP contribution is 2.34. The Balaban J connectivity index is 1.47. The molecule has 0 radical (unpaired) electrons. The van der Waals surface area contributed by atoms with Gasteiger partial charge >= 0.3 is 0 Å². The average molecular weight is 509 g/mol. The topological polar surface area (TPSA) is 93.5 Å². The van der Waals surface area contributed by atoms with Gasteiger partial charge in [0.1, 0.15) is 17.6 Å². The number of hydrazine groups is 1. The molecule has 2 amide bonds. The number of nitrogens with one attached hydrogen (secondary N) is 1. The monoisotopic (exact) mass is 508 g/mol. The fraction of sp³-hybridized carbons (Fsp3) is 0.200. The lowest BCUT2D eigenvalue weighted by molar-refractivity contribution is -0.156. The van der Waals surface area contributed by atoms with Crippen LogP contribution in [0.3, 0.4) is 0 Å². The number of amides is 2. The van der Waals surface area contributed by atoms with E-state index in [2.05, 4.69) is 19.3 Å². The van der Waals surface area contributed by atoms with Crippen LogP contribution in [0.1, 0.15) is 49.2 Å². The molecule has 1 aliphatic heterocycles. The van der Waals surface area contributed by atoms with Crippen molar-refractivity contribution in [1.82, 2.24) is 20.0 Å². The lowest BCUT2D eigenvalue weighted by Crippen LogP contribution is -2.57. The van der Waals surface area contributed by atoms with Gasteiger partial charge in [0.15, 0.2) is 0 Å². The summed E-state index contributed by atoms with van der Waals surface area (Å²) in [6, 6.07) is 21.5. The molecular formula is C30H28N4O4. The van der Waals surface area contributed by atoms with Gasteiger partial charge in [0.25, 0.3) is 11.5 Å². The number of methoxy groups -OCH3 is 1. The molecule has 3 aromatic carbocycles. The lowest BCUT2D eigenvalue weighted by atomic mass is 10.0. The summed E-state index contributed by atoms with van der Waals surface area (Å²) in [6.45, 7) is 4.24. The van der Waals surface area contributed by atoms with Crippen molar-refractivity contribution in [3.63, 3.8) is 0 Å². The molecule has 8 heteroatoms. The lowest BCUT2D eigenvalue weighted by Gasteiger charge is -2.40. The zero-order valence-corrected chi connectivity index (χ0v) is 21.4. The molecule has 0 saturated carbocycles. The first-order valence-corrected chi connectivity index (χ1v) is 12.4. The van der Waals surface area contributed by atoms with E-state index in [0.29, 0.717) is 34.1 Å². The van der Waals surface area contributed by atoms with Gasteiger partial charge in [0.2, 0.25) is 5.91 Å². The molecule has 1 aliphatic rings. The van der Waals surface area contributed by atoms with Crippen molar-refractivity contribution in [3.05, 3.63) is 106 Å². The third kappa shape index (κ3) is 4.68. The van der Waals surface area contributed by atoms with Gasteiger partial charge in [-0.1, -0.05) is 62.4 Å². The number of aromatic nitrogens is 2. The van der Waals surface area contributed by atoms with Crippen molar-refractivity contribution < 1.29 is 14.3 Å². The van der Waals surface area contributed by atoms with E-state index < -0.39 is 11.9 Å². The number of carbonyl (C=O) groups excluding carboxylic acids is 2. The number of carbonyl (C=O) groups is 2. The van der Waals surface area contributed by atoms with Gasteiger partial charge in [-0.25, -0.2) is 9.99 Å². The summed E-state index contributed by atoms with van der Waals surface area (Å²) in [5, 5.41) is 1.67. The molecule has 4 aromatic rings. The number of para-hydroxylation sites is 3. The molecule has 1 unspecified atom stereocenters. The second-order valence-electron chi connectivity index (χ2n) is 9.41. The Kier molecular flexibility index (Phi) is 6.79. The Hall–Kier alpha value is -4.72. The Morgan fingerprint density at radius 2 is 1.74 bits per heavy atom. The molecule has 1 saturated heterocycles. The minimum atomic E-state index is -0.632. The molecule has 192 valence electrons. The fourth-order valence-electron chi connectivity index (χ4n) is 4.50. The normalized spacial score (nSPS) is 15.2. The highest BCUT2D eigenvalue weighted by Gasteiger charge is 2.42. The predicted octanol–water partition coefficient (Wildman–Crippen LogP) is 4.54. The van der Waals surface area contributed by atoms with E-state index >= 15 is 0 Å². The zero-order chi connectivity index (χ0) is 26.8. The van der Waals surface area contributed by atoms with Crippen molar-refractivity contribution >= 4 is 28.8 Å². The number of hydrogen-bond acceptors (Lipinski definition) is 5. The standard InChI is InChI=1S/C30H28N4O4/c1-19(2)21-15-12-20(13-16-21)14-17-27(35)32-34-25(18-28(34)36)29-31-23-9-5-4-8-22(23)30(37)33(29)24-10-6-7-11-26(24)38-3/h4-17,19,25H,18H2,1-3H3,(H,32,35)/b17-14+. The van der Waals surface area contributed by atoms with Gasteiger partial charge < -0.3 is 4.74 Å². The number of fused-ring (bicyclic) bond motifs is 1. The molecule has 8 nitrogen and oxygen atoms in total. The minimum Gasteiger partial charge on any atom is -0.495 e. The average Bonchev–Trinajstić information content (AvgIpc) is 2.93. The number of nitrogens with zero attached hydrogens (tertiary/aromatic N) is 3. The van der Waals surface area contributed by atoms with E-state index in [0.717, 1.165) is 5.56 Å². The van der Waals surface area contributed by atoms with Crippen LogP contribution in [0.2, 0.25) is 0 Å². The van der Waals surface area contributed by atoms with Crippen molar-refractivity contribution in [2.24, 2.45) is 0 Å². The maximum Gasteiger partial charge on any atom is 0.266 e. The zero-order valence-electron chi connectivity index (χ0n) is 21.4. The SMILES string of the molecule is COc1ccccc1-n1c(C2CC(=O)N2NC(=O)/C=C/c2ccc(C(C)C)cc2)nc2ccccc2c1=O. The van der Waals surface area contributed by atoms with Crippen LogP contribution in [0.15, 0.2) is 83.7 Å². The Morgan fingerprint density at radius 1 is 1.03 bits per heavy atom. The van der Waals surface area contributed by atoms with E-state index in [9.17, 15) is 14.4 Å². The van der Waals surface area contributed by atoms with Crippen LogP contribution in [-0.4, -0.2) is 33.5 Å². The van der Waals surface area contributed by atoms with Gasteiger partial charge in [0, 0.05) is 6.08 Å². The molecule has 1 fully saturated rings. The summed E-state index contributed by atoms with van der Waals surface area (Å²) in [5.41, 5.74) is 5.47. The van der Waals surface area contributed by atoms with Crippen LogP contribution in [-0.2, 0) is 9.59 Å². The van der Waals surface area contributed by atoms with E-state index in [1.54, 1.807) is 48.5 Å². The minimum absolute atomic E-state index is 0.0978. The molecular weight excluding hydrogens is 480 g/mol. The summed E-state index contributed by atoms with van der Waals surface area (Å²) in [4.78, 5) is 43.8. The second kappa shape index (κ2) is 10.3. The number of rotatable bonds is 7. The van der Waals surface area contributed by atoms with E-state index in [1.165, 1.54) is 28.3 Å². The molecule has 1 aromatic heterocycles. The van der Waals surface area contributed by atoms with Crippen molar-refractivity contribution in [1.29, 1.82) is 0 Å². The maximum absolute atomic E-state index is 13.7. The number of benzene rings is 3. The first-order valence-electron chi connectivity index (χ1n) is 12.4. The molecule has 1 atom stereocenters. The summed E-state index contributed by atoms with van der Waals surface area (Å²) in [7, 11) is 1.53. The number of β-lactam (4-membered cyclic amide) rings is 1. The molecule has 38 heavy (non-hydrogen) atoms. The summed E-state index contributed by atoms with van der Waals surface area (Å²) in [5.74, 6) is 0.518. The number of ether oxygens (including phenoxy) is 1. The predicted molar refractivity (Wildman–Crippen MR) is 146 cm³/mol. The quantitative estimate of drug-likeness (QED) is 0.292. The largest absolute Gasteiger partial charge is 0.495 e. The van der Waals surface area contributed by atoms with Gasteiger partial charge in [-0.3, -0.25) is 24.4 Å². The summed E-state index contributed by atoms with van der Waals surface area (Å²) < 4.78 is 6.97. The van der Waals surface area contributed by atoms with Gasteiger partial charge in [-0.15, -0.1) is 0 Å². The summed E-state index contributed by atoms with van der Waals surface area (Å²) in [6.07, 6.45) is 3.17. The van der Waals surface area contributed by atoms with E-state index in [1.807, 2.05) is 30.3 Å². The van der Waals surface area contributed by atoms with Gasteiger partial charge in [-0.05, 0) is 47.4 Å². The van der Waals surface area contributed by atoms with Crippen LogP contribution in [0.5, 0.6) is 5.75 Å². The van der Waals surface area contributed by atoms with Crippen LogP contribution < -0.4 is 15.7 Å². The molecule has 1 N–H and O–H groups in total. The highest BCUT2D eigenvalue weighted by molar-refractivity contribution is 5.94. The van der Waals surface area contributed by atoms with Crippen LogP contribution >= 0.6 is 0 Å². The Morgan fingerprint density at radius 3 is 2.45 bits per heavy atom. The van der Waals surface area contributed by atoms with Gasteiger partial charge in [-0.2, -0.15) is 0 Å². The van der Waals surface area contributed by atoms with Crippen molar-refractivity contribution in [3.8, 4) is 11.4 Å². The number of hydrogen-bond donors (Lipinski definition) is 1. The maximum atomic E-state index is 13.7. The highest BCUT2D eigenvalue weighted by atomic mass is 16.5. The molecule has 2 heterocycles. The van der Waals surface area contributed by atoms with E-state index in [4.69, 9.17) is 9.72 Å². The van der Waals surface area contributed by atoms with Crippen molar-refractivity contribution in [2.45, 2.75) is 32.2 Å². The molecule has 0 spiro atoms. The molecule has 0 aliphatic carbocycles. The molecule has 0 bridgehead atoms. The Bertz CT molecular complexity index is 1610. The third-order valence-electron chi connectivity index (χ3n) is 6.64. The van der Waals surface area contributed by atoms with E-state index in [-0.39, 0.29) is 17.9 Å². The van der Waals surface area contributed by atoms with Crippen LogP contribution in [0, 0.1) is 0 Å². The third-order valence-corrected chi connectivity index (χ3v) is 6.64. The smallest absolute Gasteiger partial charge is 0.266 e. The van der Waals surface area contributed by atoms with Crippen LogP contribution in [0.25, 0.3) is 22.7 Å². The first kappa shape index (κ1) is 25.0. The van der Waals surface area contributed by atoms with Crippen LogP contribution in [0.4, 0.5) is 0 Å². The summed E-state index contributed by atoms with van der Waals surface area (Å²) >= 11 is 0. The Labute approximate surface area is 220 Å². The second-order valence-corrected chi connectivity index (χ2v) is 9.41.